The first-order valence-corrected chi connectivity index (χ1v) is 13.9. The summed E-state index contributed by atoms with van der Waals surface area (Å²) in [7, 11) is 0. The van der Waals surface area contributed by atoms with E-state index in [-0.39, 0.29) is 25.5 Å². The number of guanidine groups is 1. The molecule has 0 aliphatic carbocycles. The third-order valence-corrected chi connectivity index (χ3v) is 7.02. The van der Waals surface area contributed by atoms with Gasteiger partial charge in [-0.05, 0) is 47.2 Å². The van der Waals surface area contributed by atoms with E-state index in [4.69, 9.17) is 21.9 Å². The van der Waals surface area contributed by atoms with E-state index in [0.29, 0.717) is 18.8 Å². The minimum absolute atomic E-state index is 0.0592. The van der Waals surface area contributed by atoms with Crippen molar-refractivity contribution < 1.29 is 14.3 Å². The van der Waals surface area contributed by atoms with Crippen LogP contribution in [0.4, 0.5) is 0 Å². The second-order valence-corrected chi connectivity index (χ2v) is 10.1. The predicted octanol–water partition coefficient (Wildman–Crippen LogP) is 4.03. The quantitative estimate of drug-likeness (QED) is 0.0789. The molecule has 0 fully saturated rings. The number of Topliss-reactive ketones (excluding diaryl/α,β-unsaturated/α-hetero) is 1. The molecule has 0 saturated heterocycles. The highest BCUT2D eigenvalue weighted by atomic mass is 16.5. The molecule has 0 bridgehead atoms. The van der Waals surface area contributed by atoms with Gasteiger partial charge in [-0.3, -0.25) is 14.6 Å². The van der Waals surface area contributed by atoms with Gasteiger partial charge < -0.3 is 27.3 Å². The van der Waals surface area contributed by atoms with Crippen LogP contribution >= 0.6 is 0 Å². The van der Waals surface area contributed by atoms with E-state index < -0.39 is 23.1 Å². The van der Waals surface area contributed by atoms with Crippen molar-refractivity contribution in [3.8, 4) is 5.75 Å². The molecule has 42 heavy (non-hydrogen) atoms. The number of benzene rings is 4. The Labute approximate surface area is 246 Å². The predicted molar refractivity (Wildman–Crippen MR) is 166 cm³/mol. The largest absolute Gasteiger partial charge is 0.489 e. The van der Waals surface area contributed by atoms with Gasteiger partial charge in [-0.15, -0.1) is 0 Å². The summed E-state index contributed by atoms with van der Waals surface area (Å²) >= 11 is 0. The minimum atomic E-state index is -1.83. The van der Waals surface area contributed by atoms with E-state index in [1.807, 2.05) is 115 Å². The zero-order valence-electron chi connectivity index (χ0n) is 23.5. The van der Waals surface area contributed by atoms with Gasteiger partial charge in [0.1, 0.15) is 12.4 Å². The van der Waals surface area contributed by atoms with Crippen molar-refractivity contribution in [2.75, 3.05) is 6.54 Å². The fourth-order valence-electron chi connectivity index (χ4n) is 4.74. The molecule has 0 aromatic heterocycles. The summed E-state index contributed by atoms with van der Waals surface area (Å²) in [6, 6.07) is 36.0. The standard InChI is InChI=1S/C34H37N5O3/c35-33(36)38-22-10-21-34(37,31(40)30(27-13-6-2-7-14-27)28-15-8-3-9-16-28)32(41)39-23-25-17-19-29(20-18-25)42-24-26-11-4-1-5-12-26/h1-9,11-20,30H,10,21-24,37H2,(H,39,41)(H4,35,36,38)/t34-/m1/s1. The van der Waals surface area contributed by atoms with Crippen LogP contribution in [0.5, 0.6) is 5.75 Å². The lowest BCUT2D eigenvalue weighted by Gasteiger charge is -2.31. The van der Waals surface area contributed by atoms with Crippen LogP contribution in [-0.2, 0) is 22.7 Å². The van der Waals surface area contributed by atoms with Crippen molar-refractivity contribution in [3.63, 3.8) is 0 Å². The average molecular weight is 564 g/mol. The molecule has 8 nitrogen and oxygen atoms in total. The molecule has 0 saturated carbocycles. The number of nitrogens with two attached hydrogens (primary N) is 3. The lowest BCUT2D eigenvalue weighted by Crippen LogP contribution is -2.61. The Morgan fingerprint density at radius 2 is 1.31 bits per heavy atom. The third-order valence-electron chi connectivity index (χ3n) is 7.02. The smallest absolute Gasteiger partial charge is 0.248 e. The van der Waals surface area contributed by atoms with Crippen LogP contribution in [0.25, 0.3) is 0 Å². The van der Waals surface area contributed by atoms with Gasteiger partial charge in [-0.25, -0.2) is 0 Å². The maximum absolute atomic E-state index is 14.3. The van der Waals surface area contributed by atoms with E-state index >= 15 is 0 Å². The number of hydrogen-bond acceptors (Lipinski definition) is 5. The Hall–Kier alpha value is -4.95. The van der Waals surface area contributed by atoms with E-state index in [9.17, 15) is 9.59 Å². The molecule has 0 aliphatic heterocycles. The van der Waals surface area contributed by atoms with E-state index in [1.165, 1.54) is 0 Å². The SMILES string of the molecule is NC(N)=NCCC[C@](N)(C(=O)NCc1ccc(OCc2ccccc2)cc1)C(=O)C(c1ccccc1)c1ccccc1. The maximum atomic E-state index is 14.3. The number of ether oxygens (including phenoxy) is 1. The summed E-state index contributed by atoms with van der Waals surface area (Å²) in [6.45, 7) is 0.894. The van der Waals surface area contributed by atoms with Crippen LogP contribution in [-0.4, -0.2) is 29.7 Å². The van der Waals surface area contributed by atoms with Gasteiger partial charge >= 0.3 is 0 Å². The zero-order chi connectivity index (χ0) is 29.8. The Balaban J connectivity index is 1.51. The Morgan fingerprint density at radius 3 is 1.86 bits per heavy atom. The molecular formula is C34H37N5O3. The van der Waals surface area contributed by atoms with Gasteiger partial charge in [-0.2, -0.15) is 0 Å². The first-order chi connectivity index (χ1) is 20.4. The van der Waals surface area contributed by atoms with Crippen LogP contribution < -0.4 is 27.3 Å². The molecule has 0 aliphatic rings. The summed E-state index contributed by atoms with van der Waals surface area (Å²) < 4.78 is 5.86. The molecular weight excluding hydrogens is 526 g/mol. The second-order valence-electron chi connectivity index (χ2n) is 10.1. The van der Waals surface area contributed by atoms with E-state index in [1.54, 1.807) is 0 Å². The number of carbonyl (C=O) groups excluding carboxylic acids is 2. The number of ketones is 1. The van der Waals surface area contributed by atoms with Crippen molar-refractivity contribution in [2.45, 2.75) is 37.5 Å². The van der Waals surface area contributed by atoms with Crippen molar-refractivity contribution in [2.24, 2.45) is 22.2 Å². The highest BCUT2D eigenvalue weighted by molar-refractivity contribution is 6.13. The highest BCUT2D eigenvalue weighted by Gasteiger charge is 2.45. The van der Waals surface area contributed by atoms with Gasteiger partial charge in [0.25, 0.3) is 0 Å². The molecule has 8 heteroatoms. The molecule has 7 N–H and O–H groups in total. The van der Waals surface area contributed by atoms with Gasteiger partial charge in [0, 0.05) is 13.1 Å². The molecule has 0 unspecified atom stereocenters. The summed E-state index contributed by atoms with van der Waals surface area (Å²) in [5.41, 5.74) is 19.3. The van der Waals surface area contributed by atoms with Crippen LogP contribution in [0, 0.1) is 0 Å². The number of nitrogens with one attached hydrogen (secondary N) is 1. The fraction of sp³-hybridized carbons (Fsp3) is 0.206. The van der Waals surface area contributed by atoms with Crippen molar-refractivity contribution in [1.82, 2.24) is 5.32 Å². The van der Waals surface area contributed by atoms with Crippen LogP contribution in [0.2, 0.25) is 0 Å². The van der Waals surface area contributed by atoms with Crippen molar-refractivity contribution in [1.29, 1.82) is 0 Å². The van der Waals surface area contributed by atoms with Crippen LogP contribution in [0.1, 0.15) is 41.0 Å². The zero-order valence-corrected chi connectivity index (χ0v) is 23.5. The molecule has 4 aromatic carbocycles. The number of nitrogens with zero attached hydrogens (tertiary/aromatic N) is 1. The number of hydrogen-bond donors (Lipinski definition) is 4. The lowest BCUT2D eigenvalue weighted by atomic mass is 9.76. The Morgan fingerprint density at radius 1 is 0.762 bits per heavy atom. The van der Waals surface area contributed by atoms with E-state index in [2.05, 4.69) is 10.3 Å². The molecule has 0 radical (unpaired) electrons. The molecule has 1 atom stereocenters. The average Bonchev–Trinajstić information content (AvgIpc) is 3.03. The van der Waals surface area contributed by atoms with Crippen LogP contribution in [0.15, 0.2) is 120 Å². The fourth-order valence-corrected chi connectivity index (χ4v) is 4.74. The molecule has 1 amide bonds. The lowest BCUT2D eigenvalue weighted by molar-refractivity contribution is -0.136. The minimum Gasteiger partial charge on any atom is -0.489 e. The Bertz CT molecular complexity index is 1420. The topological polar surface area (TPSA) is 146 Å². The highest BCUT2D eigenvalue weighted by Crippen LogP contribution is 2.31. The van der Waals surface area contributed by atoms with Gasteiger partial charge in [-0.1, -0.05) is 103 Å². The number of carbonyl (C=O) groups is 2. The van der Waals surface area contributed by atoms with Crippen molar-refractivity contribution >= 4 is 17.6 Å². The number of rotatable bonds is 14. The summed E-state index contributed by atoms with van der Waals surface area (Å²) in [6.07, 6.45) is 0.411. The summed E-state index contributed by atoms with van der Waals surface area (Å²) in [5.74, 6) is -1.03. The van der Waals surface area contributed by atoms with Crippen LogP contribution in [0.3, 0.4) is 0 Å². The monoisotopic (exact) mass is 563 g/mol. The number of amides is 1. The third kappa shape index (κ3) is 8.05. The van der Waals surface area contributed by atoms with Gasteiger partial charge in [0.05, 0.1) is 5.92 Å². The molecule has 0 spiro atoms. The Kier molecular flexibility index (Phi) is 10.4. The van der Waals surface area contributed by atoms with Gasteiger partial charge in [0.2, 0.25) is 5.91 Å². The summed E-state index contributed by atoms with van der Waals surface area (Å²) in [5, 5.41) is 2.89. The van der Waals surface area contributed by atoms with E-state index in [0.717, 1.165) is 22.3 Å². The second kappa shape index (κ2) is 14.6. The first kappa shape index (κ1) is 30.0. The molecule has 4 rings (SSSR count). The maximum Gasteiger partial charge on any atom is 0.248 e. The van der Waals surface area contributed by atoms with Gasteiger partial charge in [0.15, 0.2) is 17.3 Å². The first-order valence-electron chi connectivity index (χ1n) is 13.9. The van der Waals surface area contributed by atoms with Crippen molar-refractivity contribution in [3.05, 3.63) is 138 Å². The summed E-state index contributed by atoms with van der Waals surface area (Å²) in [4.78, 5) is 32.0. The molecule has 0 heterocycles. The normalized spacial score (nSPS) is 12.2. The number of aliphatic imine (C=N–C) groups is 1. The molecule has 4 aromatic rings. The molecule has 216 valence electrons.